The first-order chi connectivity index (χ1) is 29.6. The maximum atomic E-state index is 13.9. The van der Waals surface area contributed by atoms with E-state index in [0.717, 1.165) is 108 Å². The molecule has 328 valence electrons. The third-order valence-electron chi connectivity index (χ3n) is 14.1. The van der Waals surface area contributed by atoms with Gasteiger partial charge in [-0.1, -0.05) is 25.0 Å². The van der Waals surface area contributed by atoms with Crippen molar-refractivity contribution in [3.8, 4) is 11.5 Å². The number of carbonyl (C=O) groups excluding carboxylic acids is 1. The van der Waals surface area contributed by atoms with Crippen LogP contribution >= 0.6 is 11.6 Å². The van der Waals surface area contributed by atoms with Crippen molar-refractivity contribution in [1.82, 2.24) is 24.5 Å². The molecule has 15 nitrogen and oxygen atoms in total. The highest BCUT2D eigenvalue weighted by Gasteiger charge is 2.69. The number of fused-ring (bicyclic) bond motifs is 1. The van der Waals surface area contributed by atoms with Crippen molar-refractivity contribution < 1.29 is 27.6 Å². The number of nitro groups is 1. The van der Waals surface area contributed by atoms with Crippen molar-refractivity contribution >= 4 is 55.6 Å². The van der Waals surface area contributed by atoms with E-state index in [-0.39, 0.29) is 27.3 Å². The van der Waals surface area contributed by atoms with Crippen LogP contribution in [0.25, 0.3) is 11.0 Å². The van der Waals surface area contributed by atoms with Gasteiger partial charge in [0, 0.05) is 98.6 Å². The Balaban J connectivity index is 0.840. The maximum Gasteiger partial charge on any atom is 0.293 e. The molecule has 2 aromatic heterocycles. The number of aromatic amines is 1. The van der Waals surface area contributed by atoms with Crippen LogP contribution in [0, 0.1) is 26.4 Å². The number of allylic oxidation sites excluding steroid dienone is 1. The molecule has 3 saturated heterocycles. The van der Waals surface area contributed by atoms with Gasteiger partial charge in [0.15, 0.2) is 0 Å². The van der Waals surface area contributed by atoms with Crippen LogP contribution in [0.3, 0.4) is 0 Å². The Kier molecular flexibility index (Phi) is 10.1. The number of nitrogens with one attached hydrogen (secondary N) is 3. The Labute approximate surface area is 366 Å². The Morgan fingerprint density at radius 1 is 1.03 bits per heavy atom. The van der Waals surface area contributed by atoms with Crippen molar-refractivity contribution in [2.75, 3.05) is 82.3 Å². The van der Waals surface area contributed by atoms with Gasteiger partial charge in [-0.05, 0) is 85.8 Å². The third-order valence-corrected chi connectivity index (χ3v) is 15.9. The van der Waals surface area contributed by atoms with Crippen molar-refractivity contribution in [1.29, 1.82) is 0 Å². The molecule has 0 unspecified atom stereocenters. The number of amides is 1. The predicted molar refractivity (Wildman–Crippen MR) is 237 cm³/mol. The van der Waals surface area contributed by atoms with E-state index in [1.54, 1.807) is 41.6 Å². The minimum absolute atomic E-state index is 0.0221. The molecule has 0 radical (unpaired) electrons. The lowest BCUT2D eigenvalue weighted by Crippen LogP contribution is -2.66. The van der Waals surface area contributed by atoms with Gasteiger partial charge in [-0.2, -0.15) is 0 Å². The van der Waals surface area contributed by atoms with Crippen LogP contribution in [-0.2, 0) is 14.8 Å². The van der Waals surface area contributed by atoms with Gasteiger partial charge >= 0.3 is 0 Å². The number of halogens is 1. The molecule has 7 aliphatic rings. The number of ether oxygens (including phenoxy) is 2. The molecule has 3 aliphatic heterocycles. The summed E-state index contributed by atoms with van der Waals surface area (Å²) >= 11 is 6.75. The highest BCUT2D eigenvalue weighted by atomic mass is 35.5. The summed E-state index contributed by atoms with van der Waals surface area (Å²) in [5.41, 5.74) is 5.46. The molecule has 1 amide bonds. The molecule has 11 rings (SSSR count). The quantitative estimate of drug-likeness (QED) is 0.0517. The van der Waals surface area contributed by atoms with Gasteiger partial charge in [-0.3, -0.25) is 19.8 Å². The number of nitro benzene ring substituents is 1. The monoisotopic (exact) mass is 884 g/mol. The molecular formula is C45H53ClN8O7S. The van der Waals surface area contributed by atoms with Crippen LogP contribution in [0.15, 0.2) is 77.0 Å². The molecular weight excluding hydrogens is 832 g/mol. The summed E-state index contributed by atoms with van der Waals surface area (Å²) in [7, 11) is -4.55. The molecule has 0 atom stereocenters. The van der Waals surface area contributed by atoms with Crippen LogP contribution in [-0.4, -0.2) is 116 Å². The Morgan fingerprint density at radius 3 is 2.52 bits per heavy atom. The number of hydrogen-bond acceptors (Lipinski definition) is 12. The molecule has 4 aliphatic carbocycles. The number of benzene rings is 2. The number of aromatic nitrogens is 2. The zero-order valence-corrected chi connectivity index (χ0v) is 36.7. The number of anilines is 2. The number of piperazine rings is 1. The largest absolute Gasteiger partial charge is 0.455 e. The van der Waals surface area contributed by atoms with Crippen molar-refractivity contribution in [2.45, 2.75) is 62.1 Å². The first-order valence-corrected chi connectivity index (χ1v) is 23.5. The van der Waals surface area contributed by atoms with E-state index in [4.69, 9.17) is 21.1 Å². The topological polar surface area (TPSA) is 175 Å². The summed E-state index contributed by atoms with van der Waals surface area (Å²) in [6, 6.07) is 12.4. The zero-order valence-electron chi connectivity index (χ0n) is 35.2. The third kappa shape index (κ3) is 7.82. The van der Waals surface area contributed by atoms with Gasteiger partial charge in [0.25, 0.3) is 21.6 Å². The zero-order chi connectivity index (χ0) is 43.1. The number of alkyl halides is 1. The van der Waals surface area contributed by atoms with Crippen molar-refractivity contribution in [3.05, 3.63) is 87.7 Å². The van der Waals surface area contributed by atoms with Gasteiger partial charge in [-0.25, -0.2) is 18.1 Å². The first-order valence-electron chi connectivity index (χ1n) is 21.6. The summed E-state index contributed by atoms with van der Waals surface area (Å²) in [4.78, 5) is 39.6. The lowest BCUT2D eigenvalue weighted by molar-refractivity contribution is -0.384. The Hall–Kier alpha value is -4.74. The number of rotatable bonds is 14. The van der Waals surface area contributed by atoms with Gasteiger partial charge in [0.1, 0.15) is 22.8 Å². The lowest BCUT2D eigenvalue weighted by atomic mass is 9.39. The summed E-state index contributed by atoms with van der Waals surface area (Å²) in [6.45, 7) is 13.5. The average molecular weight is 885 g/mol. The van der Waals surface area contributed by atoms with Crippen molar-refractivity contribution in [3.63, 3.8) is 0 Å². The van der Waals surface area contributed by atoms with E-state index >= 15 is 0 Å². The summed E-state index contributed by atoms with van der Waals surface area (Å²) in [6.07, 6.45) is 10.2. The second-order valence-electron chi connectivity index (χ2n) is 19.5. The predicted octanol–water partition coefficient (Wildman–Crippen LogP) is 6.92. The SMILES string of the molecule is CC1(C)CCC(CN2CCN(c3ccc(C(=O)NS(=O)(=O)c4ccc(NCCN5CC6(COC6)C5)c([N+](=O)[O-])c4)c(Oc4cnc5[nH]ccc5c4)c3)CC2)=C(C23CC(Cl)(C2)C3)C1. The van der Waals surface area contributed by atoms with Crippen LogP contribution in [0.5, 0.6) is 11.5 Å². The molecule has 6 fully saturated rings. The molecule has 1 spiro atoms. The fraction of sp³-hybridized carbons (Fsp3) is 0.511. The summed E-state index contributed by atoms with van der Waals surface area (Å²) in [5, 5.41) is 16.0. The first kappa shape index (κ1) is 41.3. The molecule has 5 heterocycles. The second kappa shape index (κ2) is 15.2. The number of nitrogens with zero attached hydrogens (tertiary/aromatic N) is 5. The number of likely N-dealkylation sites (tertiary alicyclic amines) is 1. The fourth-order valence-electron chi connectivity index (χ4n) is 10.8. The minimum Gasteiger partial charge on any atom is -0.455 e. The van der Waals surface area contributed by atoms with E-state index in [0.29, 0.717) is 35.3 Å². The summed E-state index contributed by atoms with van der Waals surface area (Å²) < 4.78 is 41.2. The van der Waals surface area contributed by atoms with Crippen LogP contribution in [0.1, 0.15) is 62.7 Å². The van der Waals surface area contributed by atoms with Crippen LogP contribution < -0.4 is 19.7 Å². The molecule has 2 bridgehead atoms. The number of hydrogen-bond donors (Lipinski definition) is 3. The minimum atomic E-state index is -4.55. The van der Waals surface area contributed by atoms with Crippen LogP contribution in [0.4, 0.5) is 17.1 Å². The summed E-state index contributed by atoms with van der Waals surface area (Å²) in [5.74, 6) is -0.429. The Morgan fingerprint density at radius 2 is 1.81 bits per heavy atom. The van der Waals surface area contributed by atoms with E-state index in [9.17, 15) is 23.3 Å². The van der Waals surface area contributed by atoms with E-state index in [1.165, 1.54) is 24.8 Å². The van der Waals surface area contributed by atoms with Gasteiger partial charge in [0.2, 0.25) is 0 Å². The molecule has 17 heteroatoms. The number of carbonyl (C=O) groups is 1. The molecule has 62 heavy (non-hydrogen) atoms. The van der Waals surface area contributed by atoms with E-state index in [1.807, 2.05) is 6.07 Å². The van der Waals surface area contributed by atoms with Gasteiger partial charge in [-0.15, -0.1) is 11.6 Å². The second-order valence-corrected chi connectivity index (χ2v) is 22.0. The lowest BCUT2D eigenvalue weighted by Gasteiger charge is -2.70. The molecule has 4 aromatic rings. The highest BCUT2D eigenvalue weighted by molar-refractivity contribution is 7.90. The van der Waals surface area contributed by atoms with Crippen molar-refractivity contribution in [2.24, 2.45) is 16.2 Å². The van der Waals surface area contributed by atoms with Gasteiger partial charge < -0.3 is 29.6 Å². The Bertz CT molecular complexity index is 2570. The molecule has 3 N–H and O–H groups in total. The van der Waals surface area contributed by atoms with Gasteiger partial charge in [0.05, 0.1) is 34.8 Å². The normalized spacial score (nSPS) is 25.4. The average Bonchev–Trinajstić information content (AvgIpc) is 3.65. The number of sulfonamides is 1. The van der Waals surface area contributed by atoms with Crippen LogP contribution in [0.2, 0.25) is 0 Å². The molecule has 3 saturated carbocycles. The smallest absolute Gasteiger partial charge is 0.293 e. The van der Waals surface area contributed by atoms with E-state index < -0.39 is 31.4 Å². The molecule has 2 aromatic carbocycles. The fourth-order valence-corrected chi connectivity index (χ4v) is 12.5. The number of H-pyrrole nitrogens is 1. The standard InChI is InChI=1S/C45H53ClN8O7S/c1-42(2)9-7-31(36(20-42)44-23-45(46,24-44)25-44)22-51-13-15-53(16-14-51)32-3-5-35(39(18-32)61-33-17-30-8-10-48-40(30)49-21-33)41(55)50-62(58,59)34-4-6-37(38(19-34)54(56)57)47-11-12-52-26-43(27-52)28-60-29-43/h3-6,8,10,17-19,21,47H,7,9,11-16,20,22-29H2,1-2H3,(H,48,49)(H,50,55). The highest BCUT2D eigenvalue weighted by Crippen LogP contribution is 2.75. The number of pyridine rings is 1. The maximum absolute atomic E-state index is 13.9. The van der Waals surface area contributed by atoms with E-state index in [2.05, 4.69) is 48.6 Å².